The molecule has 0 aliphatic rings. The molecule has 0 amide bonds. The van der Waals surface area contributed by atoms with E-state index in [9.17, 15) is 8.78 Å². The molecular formula is C14H11BrF2N2O2. The fourth-order valence-electron chi connectivity index (χ4n) is 1.69. The molecule has 0 radical (unpaired) electrons. The molecule has 0 unspecified atom stereocenters. The van der Waals surface area contributed by atoms with Crippen LogP contribution in [0.25, 0.3) is 0 Å². The highest BCUT2D eigenvalue weighted by Gasteiger charge is 2.08. The summed E-state index contributed by atoms with van der Waals surface area (Å²) in [6, 6.07) is 8.20. The molecule has 2 aromatic rings. The average Bonchev–Trinajstić information content (AvgIpc) is 2.45. The molecule has 21 heavy (non-hydrogen) atoms. The Hall–Kier alpha value is -2.15. The van der Waals surface area contributed by atoms with E-state index in [2.05, 4.69) is 21.1 Å². The summed E-state index contributed by atoms with van der Waals surface area (Å²) >= 11 is 3.14. The van der Waals surface area contributed by atoms with Crippen LogP contribution < -0.4 is 10.5 Å². The van der Waals surface area contributed by atoms with Crippen molar-refractivity contribution in [1.82, 2.24) is 0 Å². The van der Waals surface area contributed by atoms with Gasteiger partial charge in [-0.15, -0.1) is 0 Å². The van der Waals surface area contributed by atoms with Crippen molar-refractivity contribution >= 4 is 21.8 Å². The van der Waals surface area contributed by atoms with E-state index in [0.717, 1.165) is 6.07 Å². The first kappa shape index (κ1) is 15.2. The van der Waals surface area contributed by atoms with E-state index in [1.807, 2.05) is 0 Å². The number of ether oxygens (including phenoxy) is 1. The molecule has 0 bridgehead atoms. The van der Waals surface area contributed by atoms with Crippen LogP contribution in [0.15, 0.2) is 46.0 Å². The SMILES string of the molecule is N/C(=N/O)c1cc(F)cc(COc2ccc(Br)cc2F)c1. The molecule has 3 N–H and O–H groups in total. The van der Waals surface area contributed by atoms with Crippen molar-refractivity contribution in [2.75, 3.05) is 0 Å². The van der Waals surface area contributed by atoms with E-state index in [1.165, 1.54) is 24.3 Å². The highest BCUT2D eigenvalue weighted by Crippen LogP contribution is 2.22. The number of halogens is 3. The van der Waals surface area contributed by atoms with Crippen LogP contribution in [0.4, 0.5) is 8.78 Å². The van der Waals surface area contributed by atoms with E-state index in [-0.39, 0.29) is 23.8 Å². The maximum absolute atomic E-state index is 13.6. The Morgan fingerprint density at radius 3 is 2.67 bits per heavy atom. The third-order valence-electron chi connectivity index (χ3n) is 2.65. The van der Waals surface area contributed by atoms with Gasteiger partial charge in [0, 0.05) is 10.0 Å². The number of hydrogen-bond acceptors (Lipinski definition) is 3. The smallest absolute Gasteiger partial charge is 0.170 e. The van der Waals surface area contributed by atoms with Gasteiger partial charge in [0.05, 0.1) is 0 Å². The lowest BCUT2D eigenvalue weighted by Gasteiger charge is -2.09. The van der Waals surface area contributed by atoms with Crippen LogP contribution in [0.5, 0.6) is 5.75 Å². The van der Waals surface area contributed by atoms with Crippen molar-refractivity contribution in [3.8, 4) is 5.75 Å². The molecule has 0 heterocycles. The molecule has 0 aliphatic heterocycles. The minimum absolute atomic E-state index is 0.0489. The quantitative estimate of drug-likeness (QED) is 0.381. The maximum atomic E-state index is 13.6. The van der Waals surface area contributed by atoms with Gasteiger partial charge < -0.3 is 15.7 Å². The number of oxime groups is 1. The van der Waals surface area contributed by atoms with Crippen molar-refractivity contribution in [3.05, 3.63) is 63.6 Å². The van der Waals surface area contributed by atoms with Gasteiger partial charge in [-0.2, -0.15) is 0 Å². The zero-order chi connectivity index (χ0) is 15.4. The molecule has 7 heteroatoms. The Morgan fingerprint density at radius 2 is 2.00 bits per heavy atom. The van der Waals surface area contributed by atoms with Crippen LogP contribution in [0, 0.1) is 11.6 Å². The molecule has 0 spiro atoms. The molecular weight excluding hydrogens is 346 g/mol. The lowest BCUT2D eigenvalue weighted by molar-refractivity contribution is 0.289. The number of rotatable bonds is 4. The van der Waals surface area contributed by atoms with Gasteiger partial charge in [0.2, 0.25) is 0 Å². The normalized spacial score (nSPS) is 11.5. The van der Waals surface area contributed by atoms with Gasteiger partial charge >= 0.3 is 0 Å². The summed E-state index contributed by atoms with van der Waals surface area (Å²) < 4.78 is 32.9. The third kappa shape index (κ3) is 3.91. The zero-order valence-electron chi connectivity index (χ0n) is 10.7. The Morgan fingerprint density at radius 1 is 1.24 bits per heavy atom. The summed E-state index contributed by atoms with van der Waals surface area (Å²) in [6.45, 7) is -0.0536. The van der Waals surface area contributed by atoms with Gasteiger partial charge in [-0.1, -0.05) is 21.1 Å². The molecule has 2 aromatic carbocycles. The fourth-order valence-corrected chi connectivity index (χ4v) is 2.03. The van der Waals surface area contributed by atoms with E-state index in [1.54, 1.807) is 6.07 Å². The summed E-state index contributed by atoms with van der Waals surface area (Å²) in [5.41, 5.74) is 6.05. The van der Waals surface area contributed by atoms with Crippen molar-refractivity contribution in [2.24, 2.45) is 10.9 Å². The first-order valence-electron chi connectivity index (χ1n) is 5.85. The minimum atomic E-state index is -0.561. The van der Waals surface area contributed by atoms with Gasteiger partial charge in [0.15, 0.2) is 17.4 Å². The number of nitrogens with zero attached hydrogens (tertiary/aromatic N) is 1. The second kappa shape index (κ2) is 6.53. The lowest BCUT2D eigenvalue weighted by Crippen LogP contribution is -2.14. The molecule has 2 rings (SSSR count). The van der Waals surface area contributed by atoms with Crippen LogP contribution in [0.3, 0.4) is 0 Å². The lowest BCUT2D eigenvalue weighted by atomic mass is 10.1. The topological polar surface area (TPSA) is 67.8 Å². The van der Waals surface area contributed by atoms with Gasteiger partial charge in [-0.25, -0.2) is 8.78 Å². The summed E-state index contributed by atoms with van der Waals surface area (Å²) in [5.74, 6) is -1.26. The number of nitrogens with two attached hydrogens (primary N) is 1. The Bertz CT molecular complexity index is 693. The second-order valence-corrected chi connectivity index (χ2v) is 5.11. The fraction of sp³-hybridized carbons (Fsp3) is 0.0714. The van der Waals surface area contributed by atoms with E-state index in [0.29, 0.717) is 10.0 Å². The van der Waals surface area contributed by atoms with E-state index >= 15 is 0 Å². The molecule has 0 saturated carbocycles. The van der Waals surface area contributed by atoms with Crippen LogP contribution in [-0.2, 0) is 6.61 Å². The summed E-state index contributed by atoms with van der Waals surface area (Å²) in [5, 5.41) is 11.4. The van der Waals surface area contributed by atoms with Crippen molar-refractivity contribution in [3.63, 3.8) is 0 Å². The predicted octanol–water partition coefficient (Wildman–Crippen LogP) is 3.40. The third-order valence-corrected chi connectivity index (χ3v) is 3.14. The van der Waals surface area contributed by atoms with Crippen LogP contribution in [-0.4, -0.2) is 11.0 Å². The van der Waals surface area contributed by atoms with Crippen molar-refractivity contribution < 1.29 is 18.7 Å². The van der Waals surface area contributed by atoms with Gasteiger partial charge in [-0.3, -0.25) is 0 Å². The summed E-state index contributed by atoms with van der Waals surface area (Å²) in [4.78, 5) is 0. The Labute approximate surface area is 128 Å². The largest absolute Gasteiger partial charge is 0.486 e. The first-order valence-corrected chi connectivity index (χ1v) is 6.64. The molecule has 4 nitrogen and oxygen atoms in total. The highest BCUT2D eigenvalue weighted by molar-refractivity contribution is 9.10. The van der Waals surface area contributed by atoms with E-state index in [4.69, 9.17) is 15.7 Å². The predicted molar refractivity (Wildman–Crippen MR) is 77.3 cm³/mol. The average molecular weight is 357 g/mol. The van der Waals surface area contributed by atoms with Crippen LogP contribution >= 0.6 is 15.9 Å². The van der Waals surface area contributed by atoms with Gasteiger partial charge in [-0.05, 0) is 42.0 Å². The molecule has 110 valence electrons. The van der Waals surface area contributed by atoms with Crippen LogP contribution in [0.2, 0.25) is 0 Å². The number of benzene rings is 2. The Balaban J connectivity index is 2.18. The molecule has 0 saturated heterocycles. The van der Waals surface area contributed by atoms with Crippen molar-refractivity contribution in [1.29, 1.82) is 0 Å². The van der Waals surface area contributed by atoms with Gasteiger partial charge in [0.1, 0.15) is 12.4 Å². The monoisotopic (exact) mass is 356 g/mol. The van der Waals surface area contributed by atoms with E-state index < -0.39 is 11.6 Å². The minimum Gasteiger partial charge on any atom is -0.486 e. The van der Waals surface area contributed by atoms with Crippen molar-refractivity contribution in [2.45, 2.75) is 6.61 Å². The first-order chi connectivity index (χ1) is 9.99. The van der Waals surface area contributed by atoms with Gasteiger partial charge in [0.25, 0.3) is 0 Å². The highest BCUT2D eigenvalue weighted by atomic mass is 79.9. The molecule has 0 fully saturated rings. The zero-order valence-corrected chi connectivity index (χ0v) is 12.3. The Kier molecular flexibility index (Phi) is 4.74. The maximum Gasteiger partial charge on any atom is 0.170 e. The summed E-state index contributed by atoms with van der Waals surface area (Å²) in [7, 11) is 0. The molecule has 0 aliphatic carbocycles. The summed E-state index contributed by atoms with van der Waals surface area (Å²) in [6.07, 6.45) is 0. The number of hydrogen-bond donors (Lipinski definition) is 2. The second-order valence-electron chi connectivity index (χ2n) is 4.20. The number of amidine groups is 1. The van der Waals surface area contributed by atoms with Crippen LogP contribution in [0.1, 0.15) is 11.1 Å². The molecule has 0 atom stereocenters. The molecule has 0 aromatic heterocycles. The standard InChI is InChI=1S/C14H11BrF2N2O2/c15-10-1-2-13(12(17)6-10)21-7-8-3-9(14(18)19-20)5-11(16)4-8/h1-6,20H,7H2,(H2,18,19).